The Labute approximate surface area is 243 Å². The van der Waals surface area contributed by atoms with Crippen molar-refractivity contribution < 1.29 is 23.7 Å². The molecule has 3 aromatic rings. The van der Waals surface area contributed by atoms with E-state index in [1.165, 1.54) is 0 Å². The van der Waals surface area contributed by atoms with Crippen LogP contribution in [0.15, 0.2) is 67.0 Å². The topological polar surface area (TPSA) is 139 Å². The molecule has 1 aliphatic rings. The molecular formula is C30H41N5O5S. The Hall–Kier alpha value is -3.35. The van der Waals surface area contributed by atoms with Gasteiger partial charge in [-0.05, 0) is 73.7 Å². The third kappa shape index (κ3) is 8.57. The molecule has 2 aromatic carbocycles. The molecular weight excluding hydrogens is 542 g/mol. The Balaban J connectivity index is 1.52. The summed E-state index contributed by atoms with van der Waals surface area (Å²) in [5.74, 6) is 0.707. The first kappa shape index (κ1) is 30.6. The predicted octanol–water partition coefficient (Wildman–Crippen LogP) is 4.28. The van der Waals surface area contributed by atoms with Crippen LogP contribution in [0.4, 0.5) is 11.4 Å². The van der Waals surface area contributed by atoms with Gasteiger partial charge < -0.3 is 25.8 Å². The number of carbonyl (C=O) groups excluding carboxylic acids is 1. The number of anilines is 2. The minimum absolute atomic E-state index is 0.250. The zero-order chi connectivity index (χ0) is 29.2. The molecule has 1 amide bonds. The van der Waals surface area contributed by atoms with Gasteiger partial charge in [0.15, 0.2) is 0 Å². The number of nitrogens with one attached hydrogen (secondary N) is 3. The second-order valence-electron chi connectivity index (χ2n) is 10.1. The molecule has 1 aliphatic heterocycles. The summed E-state index contributed by atoms with van der Waals surface area (Å²) in [6.45, 7) is 3.88. The summed E-state index contributed by atoms with van der Waals surface area (Å²) < 4.78 is 28.3. The molecule has 0 aliphatic carbocycles. The van der Waals surface area contributed by atoms with Crippen LogP contribution in [0.1, 0.15) is 41.3 Å². The van der Waals surface area contributed by atoms with Crippen LogP contribution >= 0.6 is 10.8 Å². The van der Waals surface area contributed by atoms with E-state index < -0.39 is 22.9 Å². The number of methoxy groups -OCH3 is 1. The number of hydrogen-bond acceptors (Lipinski definition) is 9. The molecule has 11 heteroatoms. The Morgan fingerprint density at radius 3 is 2.68 bits per heavy atom. The number of aromatic nitrogens is 1. The van der Waals surface area contributed by atoms with Gasteiger partial charge in [0.25, 0.3) is 5.91 Å². The number of hydrogen-bond donors (Lipinski definition) is 6. The van der Waals surface area contributed by atoms with Crippen LogP contribution in [-0.2, 0) is 13.0 Å². The number of amides is 1. The number of rotatable bonds is 13. The lowest BCUT2D eigenvalue weighted by atomic mass is 10.0. The molecule has 1 saturated heterocycles. The van der Waals surface area contributed by atoms with Crippen LogP contribution in [0.3, 0.4) is 0 Å². The van der Waals surface area contributed by atoms with Crippen LogP contribution in [0.5, 0.6) is 5.75 Å². The van der Waals surface area contributed by atoms with Crippen LogP contribution in [0.25, 0.3) is 0 Å². The molecule has 222 valence electrons. The highest BCUT2D eigenvalue weighted by Gasteiger charge is 2.28. The molecule has 0 saturated carbocycles. The molecule has 41 heavy (non-hydrogen) atoms. The van der Waals surface area contributed by atoms with Gasteiger partial charge >= 0.3 is 0 Å². The predicted molar refractivity (Wildman–Crippen MR) is 165 cm³/mol. The van der Waals surface area contributed by atoms with E-state index in [0.29, 0.717) is 48.7 Å². The van der Waals surface area contributed by atoms with Gasteiger partial charge in [-0.2, -0.15) is 0 Å². The third-order valence-corrected chi connectivity index (χ3v) is 8.94. The summed E-state index contributed by atoms with van der Waals surface area (Å²) in [6, 6.07) is 16.1. The van der Waals surface area contributed by atoms with E-state index in [-0.39, 0.29) is 12.5 Å². The Bertz CT molecular complexity index is 1280. The van der Waals surface area contributed by atoms with Crippen molar-refractivity contribution in [2.75, 3.05) is 42.1 Å². The summed E-state index contributed by atoms with van der Waals surface area (Å²) in [6.07, 6.45) is 4.48. The van der Waals surface area contributed by atoms with Crippen LogP contribution in [0.2, 0.25) is 0 Å². The minimum atomic E-state index is -2.95. The highest BCUT2D eigenvalue weighted by molar-refractivity contribution is 8.25. The number of carbonyl (C=O) groups is 1. The minimum Gasteiger partial charge on any atom is -0.497 e. The molecule has 10 nitrogen and oxygen atoms in total. The molecule has 0 spiro atoms. The first-order chi connectivity index (χ1) is 19.8. The van der Waals surface area contributed by atoms with Gasteiger partial charge in [0.2, 0.25) is 0 Å². The van der Waals surface area contributed by atoms with Crippen molar-refractivity contribution >= 4 is 28.1 Å². The van der Waals surface area contributed by atoms with Crippen molar-refractivity contribution in [3.8, 4) is 5.75 Å². The maximum absolute atomic E-state index is 13.6. The summed E-state index contributed by atoms with van der Waals surface area (Å²) in [5.41, 5.74) is 3.56. The zero-order valence-electron chi connectivity index (χ0n) is 23.6. The molecule has 1 fully saturated rings. The van der Waals surface area contributed by atoms with Gasteiger partial charge in [-0.15, -0.1) is 10.8 Å². The van der Waals surface area contributed by atoms with Crippen molar-refractivity contribution in [3.63, 3.8) is 0 Å². The molecule has 0 bridgehead atoms. The van der Waals surface area contributed by atoms with E-state index in [1.54, 1.807) is 35.9 Å². The van der Waals surface area contributed by atoms with Crippen LogP contribution in [-0.4, -0.2) is 69.7 Å². The van der Waals surface area contributed by atoms with Crippen molar-refractivity contribution in [1.82, 2.24) is 15.6 Å². The molecule has 2 heterocycles. The normalized spacial score (nSPS) is 16.9. The SMILES string of the molecule is CCNc1cc(C(=O)N[C@@H](Cc2cccnc2)[C@@H](O)CNCc2cccc(OC)c2)cc(N2CCCCS2(O)O)c1. The van der Waals surface area contributed by atoms with E-state index >= 15 is 0 Å². The zero-order valence-corrected chi connectivity index (χ0v) is 24.4. The molecule has 6 N–H and O–H groups in total. The first-order valence-electron chi connectivity index (χ1n) is 13.9. The number of aliphatic hydroxyl groups excluding tert-OH is 1. The monoisotopic (exact) mass is 583 g/mol. The Morgan fingerprint density at radius 1 is 1.12 bits per heavy atom. The quantitative estimate of drug-likeness (QED) is 0.174. The second kappa shape index (κ2) is 14.5. The number of aliphatic hydroxyl groups is 1. The standard InChI is InChI=1S/C30H41N5O5S/c1-3-33-25-16-24(17-26(18-25)35-12-4-5-13-41(35,38)39)30(37)34-28(15-23-9-7-11-31-19-23)29(36)21-32-20-22-8-6-10-27(14-22)40-2/h6-11,14,16-19,28-29,32-33,36,38-39H,3-5,12-13,15,20-21H2,1-2H3,(H,34,37)/t28-,29-/m0/s1. The van der Waals surface area contributed by atoms with Gasteiger partial charge in [-0.3, -0.25) is 23.2 Å². The van der Waals surface area contributed by atoms with E-state index in [2.05, 4.69) is 20.9 Å². The fourth-order valence-corrected chi connectivity index (χ4v) is 6.57. The second-order valence-corrected chi connectivity index (χ2v) is 12.3. The van der Waals surface area contributed by atoms with Crippen molar-refractivity contribution in [2.45, 2.75) is 44.9 Å². The highest BCUT2D eigenvalue weighted by Crippen LogP contribution is 2.50. The maximum Gasteiger partial charge on any atom is 0.251 e. The molecule has 1 aromatic heterocycles. The van der Waals surface area contributed by atoms with E-state index in [4.69, 9.17) is 4.74 Å². The maximum atomic E-state index is 13.6. The lowest BCUT2D eigenvalue weighted by Gasteiger charge is -2.47. The molecule has 4 rings (SSSR count). The van der Waals surface area contributed by atoms with Crippen molar-refractivity contribution in [3.05, 3.63) is 83.7 Å². The highest BCUT2D eigenvalue weighted by atomic mass is 32.3. The number of pyridine rings is 1. The van der Waals surface area contributed by atoms with Crippen molar-refractivity contribution in [2.24, 2.45) is 0 Å². The average Bonchev–Trinajstić information content (AvgIpc) is 2.97. The number of nitrogens with zero attached hydrogens (tertiary/aromatic N) is 2. The smallest absolute Gasteiger partial charge is 0.251 e. The largest absolute Gasteiger partial charge is 0.497 e. The summed E-state index contributed by atoms with van der Waals surface area (Å²) in [4.78, 5) is 17.8. The fraction of sp³-hybridized carbons (Fsp3) is 0.400. The van der Waals surface area contributed by atoms with Gasteiger partial charge in [0.05, 0.1) is 30.7 Å². The van der Waals surface area contributed by atoms with E-state index in [0.717, 1.165) is 29.7 Å². The summed E-state index contributed by atoms with van der Waals surface area (Å²) in [5, 5.41) is 20.7. The molecule has 0 unspecified atom stereocenters. The van der Waals surface area contributed by atoms with Gasteiger partial charge in [-0.25, -0.2) is 0 Å². The van der Waals surface area contributed by atoms with E-state index in [1.807, 2.05) is 49.4 Å². The number of benzene rings is 2. The number of ether oxygens (including phenoxy) is 1. The Morgan fingerprint density at radius 2 is 1.95 bits per heavy atom. The summed E-state index contributed by atoms with van der Waals surface area (Å²) >= 11 is 0. The lowest BCUT2D eigenvalue weighted by Crippen LogP contribution is -2.48. The molecule has 2 atom stereocenters. The summed E-state index contributed by atoms with van der Waals surface area (Å²) in [7, 11) is -1.33. The third-order valence-electron chi connectivity index (χ3n) is 7.01. The van der Waals surface area contributed by atoms with Crippen LogP contribution in [0, 0.1) is 0 Å². The fourth-order valence-electron chi connectivity index (χ4n) is 4.89. The van der Waals surface area contributed by atoms with Crippen LogP contribution < -0.4 is 25.0 Å². The van der Waals surface area contributed by atoms with Gasteiger partial charge in [0.1, 0.15) is 5.75 Å². The first-order valence-corrected chi connectivity index (χ1v) is 15.6. The average molecular weight is 584 g/mol. The lowest BCUT2D eigenvalue weighted by molar-refractivity contribution is 0.0830. The van der Waals surface area contributed by atoms with Gasteiger partial charge in [-0.1, -0.05) is 18.2 Å². The van der Waals surface area contributed by atoms with Gasteiger partial charge in [0, 0.05) is 49.8 Å². The van der Waals surface area contributed by atoms with Crippen molar-refractivity contribution in [1.29, 1.82) is 0 Å². The molecule has 0 radical (unpaired) electrons. The van der Waals surface area contributed by atoms with E-state index in [9.17, 15) is 19.0 Å². The Kier molecular flexibility index (Phi) is 10.8.